The van der Waals surface area contributed by atoms with Crippen LogP contribution in [0.1, 0.15) is 22.9 Å². The first-order chi connectivity index (χ1) is 7.36. The highest BCUT2D eigenvalue weighted by Gasteiger charge is 2.05. The minimum atomic E-state index is 0.133. The number of nitrogens with two attached hydrogens (primary N) is 1. The molecule has 1 unspecified atom stereocenters. The fourth-order valence-electron chi connectivity index (χ4n) is 1.53. The van der Waals surface area contributed by atoms with E-state index in [9.17, 15) is 0 Å². The van der Waals surface area contributed by atoms with Crippen LogP contribution >= 0.6 is 11.3 Å². The van der Waals surface area contributed by atoms with Crippen molar-refractivity contribution in [2.75, 3.05) is 0 Å². The molecule has 2 aromatic rings. The van der Waals surface area contributed by atoms with Gasteiger partial charge in [-0.25, -0.2) is 0 Å². The summed E-state index contributed by atoms with van der Waals surface area (Å²) >= 11 is 1.69. The molecule has 0 aliphatic heterocycles. The van der Waals surface area contributed by atoms with E-state index >= 15 is 0 Å². The van der Waals surface area contributed by atoms with Gasteiger partial charge in [0.1, 0.15) is 0 Å². The molecule has 0 radical (unpaired) electrons. The summed E-state index contributed by atoms with van der Waals surface area (Å²) in [5, 5.41) is 0. The Morgan fingerprint density at radius 2 is 2.07 bits per heavy atom. The van der Waals surface area contributed by atoms with Gasteiger partial charge in [-0.05, 0) is 18.4 Å². The predicted octanol–water partition coefficient (Wildman–Crippen LogP) is 2.78. The van der Waals surface area contributed by atoms with E-state index in [4.69, 9.17) is 5.73 Å². The molecule has 0 spiro atoms. The second-order valence-electron chi connectivity index (χ2n) is 3.52. The Bertz CT molecular complexity index is 383. The molecule has 0 bridgehead atoms. The lowest BCUT2D eigenvalue weighted by Crippen LogP contribution is -2.10. The van der Waals surface area contributed by atoms with Crippen LogP contribution in [0.15, 0.2) is 42.0 Å². The Kier molecular flexibility index (Phi) is 3.48. The van der Waals surface area contributed by atoms with Crippen molar-refractivity contribution in [2.45, 2.75) is 18.9 Å². The molecule has 2 rings (SSSR count). The van der Waals surface area contributed by atoms with E-state index in [0.29, 0.717) is 0 Å². The van der Waals surface area contributed by atoms with Crippen LogP contribution < -0.4 is 5.73 Å². The number of nitrogens with zero attached hydrogens (tertiary/aromatic N) is 1. The summed E-state index contributed by atoms with van der Waals surface area (Å²) < 4.78 is 0. The highest BCUT2D eigenvalue weighted by molar-refractivity contribution is 7.09. The third kappa shape index (κ3) is 2.88. The van der Waals surface area contributed by atoms with E-state index in [0.717, 1.165) is 12.8 Å². The first kappa shape index (κ1) is 10.3. The van der Waals surface area contributed by atoms with E-state index in [1.165, 1.54) is 10.4 Å². The van der Waals surface area contributed by atoms with Gasteiger partial charge < -0.3 is 5.73 Å². The lowest BCUT2D eigenvalue weighted by molar-refractivity contribution is 0.655. The van der Waals surface area contributed by atoms with Gasteiger partial charge in [-0.2, -0.15) is 0 Å². The van der Waals surface area contributed by atoms with Crippen molar-refractivity contribution in [3.05, 3.63) is 52.5 Å². The topological polar surface area (TPSA) is 38.9 Å². The zero-order valence-electron chi connectivity index (χ0n) is 8.47. The summed E-state index contributed by atoms with van der Waals surface area (Å²) in [7, 11) is 0. The maximum Gasteiger partial charge on any atom is 0.0794 e. The Morgan fingerprint density at radius 1 is 1.27 bits per heavy atom. The van der Waals surface area contributed by atoms with E-state index in [2.05, 4.69) is 17.1 Å². The van der Waals surface area contributed by atoms with Crippen molar-refractivity contribution < 1.29 is 0 Å². The Morgan fingerprint density at radius 3 is 2.73 bits per heavy atom. The number of rotatable bonds is 4. The van der Waals surface area contributed by atoms with Gasteiger partial charge in [0.15, 0.2) is 0 Å². The molecular formula is C12H14N2S. The van der Waals surface area contributed by atoms with Crippen LogP contribution in [0.4, 0.5) is 0 Å². The van der Waals surface area contributed by atoms with E-state index in [-0.39, 0.29) is 6.04 Å². The lowest BCUT2D eigenvalue weighted by Gasteiger charge is -2.10. The summed E-state index contributed by atoms with van der Waals surface area (Å²) in [5.74, 6) is 0. The highest BCUT2D eigenvalue weighted by atomic mass is 32.1. The van der Waals surface area contributed by atoms with Crippen LogP contribution in [0.25, 0.3) is 0 Å². The largest absolute Gasteiger partial charge is 0.324 e. The molecule has 0 saturated carbocycles. The summed E-state index contributed by atoms with van der Waals surface area (Å²) in [6, 6.07) is 10.4. The first-order valence-corrected chi connectivity index (χ1v) is 5.92. The zero-order chi connectivity index (χ0) is 10.5. The van der Waals surface area contributed by atoms with E-state index < -0.39 is 0 Å². The van der Waals surface area contributed by atoms with Crippen LogP contribution in [0, 0.1) is 0 Å². The number of aromatic nitrogens is 1. The molecule has 0 saturated heterocycles. The Hall–Kier alpha value is -1.19. The molecule has 1 heterocycles. The summed E-state index contributed by atoms with van der Waals surface area (Å²) in [6.07, 6.45) is 3.91. The molecule has 3 heteroatoms. The average Bonchev–Trinajstić information content (AvgIpc) is 2.80. The van der Waals surface area contributed by atoms with Crippen molar-refractivity contribution in [2.24, 2.45) is 5.73 Å². The van der Waals surface area contributed by atoms with Crippen molar-refractivity contribution in [3.63, 3.8) is 0 Å². The molecule has 0 amide bonds. The maximum atomic E-state index is 6.10. The zero-order valence-corrected chi connectivity index (χ0v) is 9.28. The second-order valence-corrected chi connectivity index (χ2v) is 4.49. The van der Waals surface area contributed by atoms with Gasteiger partial charge in [0.25, 0.3) is 0 Å². The molecule has 2 nitrogen and oxygen atoms in total. The number of hydrogen-bond acceptors (Lipinski definition) is 3. The van der Waals surface area contributed by atoms with Gasteiger partial charge in [0.05, 0.1) is 5.51 Å². The molecule has 0 fully saturated rings. The van der Waals surface area contributed by atoms with Crippen LogP contribution in [-0.2, 0) is 6.42 Å². The molecule has 0 aliphatic rings. The smallest absolute Gasteiger partial charge is 0.0794 e. The van der Waals surface area contributed by atoms with Gasteiger partial charge in [-0.3, -0.25) is 4.98 Å². The molecule has 1 atom stereocenters. The number of thiazole rings is 1. The van der Waals surface area contributed by atoms with Crippen molar-refractivity contribution in [1.29, 1.82) is 0 Å². The van der Waals surface area contributed by atoms with Gasteiger partial charge in [-0.15, -0.1) is 11.3 Å². The average molecular weight is 218 g/mol. The molecule has 15 heavy (non-hydrogen) atoms. The standard InChI is InChI=1S/C12H14N2S/c13-12(10-4-2-1-3-5-10)7-6-11-8-14-9-15-11/h1-5,8-9,12H,6-7,13H2. The lowest BCUT2D eigenvalue weighted by atomic mass is 10.0. The van der Waals surface area contributed by atoms with Crippen LogP contribution in [0.2, 0.25) is 0 Å². The molecule has 1 aromatic heterocycles. The van der Waals surface area contributed by atoms with Crippen LogP contribution in [0.3, 0.4) is 0 Å². The number of hydrogen-bond donors (Lipinski definition) is 1. The SMILES string of the molecule is NC(CCc1cncs1)c1ccccc1. The van der Waals surface area contributed by atoms with Crippen LogP contribution in [0.5, 0.6) is 0 Å². The van der Waals surface area contributed by atoms with Crippen molar-refractivity contribution in [1.82, 2.24) is 4.98 Å². The monoisotopic (exact) mass is 218 g/mol. The number of benzene rings is 1. The van der Waals surface area contributed by atoms with Gasteiger partial charge >= 0.3 is 0 Å². The fraction of sp³-hybridized carbons (Fsp3) is 0.250. The Balaban J connectivity index is 1.90. The maximum absolute atomic E-state index is 6.10. The summed E-state index contributed by atoms with van der Waals surface area (Å²) in [6.45, 7) is 0. The fourth-order valence-corrected chi connectivity index (χ4v) is 2.14. The minimum Gasteiger partial charge on any atom is -0.324 e. The molecular weight excluding hydrogens is 204 g/mol. The van der Waals surface area contributed by atoms with Crippen molar-refractivity contribution >= 4 is 11.3 Å². The van der Waals surface area contributed by atoms with Crippen molar-refractivity contribution in [3.8, 4) is 0 Å². The van der Waals surface area contributed by atoms with Crippen LogP contribution in [-0.4, -0.2) is 4.98 Å². The second kappa shape index (κ2) is 5.05. The van der Waals surface area contributed by atoms with Gasteiger partial charge in [0, 0.05) is 17.1 Å². The third-order valence-corrected chi connectivity index (χ3v) is 3.25. The molecule has 78 valence electrons. The quantitative estimate of drug-likeness (QED) is 0.857. The van der Waals surface area contributed by atoms with Gasteiger partial charge in [0.2, 0.25) is 0 Å². The summed E-state index contributed by atoms with van der Waals surface area (Å²) in [4.78, 5) is 5.36. The predicted molar refractivity (Wildman–Crippen MR) is 63.8 cm³/mol. The molecule has 0 aliphatic carbocycles. The van der Waals surface area contributed by atoms with E-state index in [1.54, 1.807) is 11.3 Å². The first-order valence-electron chi connectivity index (χ1n) is 5.04. The normalized spacial score (nSPS) is 12.6. The molecule has 1 aromatic carbocycles. The summed E-state index contributed by atoms with van der Waals surface area (Å²) in [5.41, 5.74) is 9.17. The minimum absolute atomic E-state index is 0.133. The highest BCUT2D eigenvalue weighted by Crippen LogP contribution is 2.17. The van der Waals surface area contributed by atoms with E-state index in [1.807, 2.05) is 29.9 Å². The molecule has 2 N–H and O–H groups in total. The number of aryl methyl sites for hydroxylation is 1. The Labute approximate surface area is 93.8 Å². The third-order valence-electron chi connectivity index (χ3n) is 2.41. The van der Waals surface area contributed by atoms with Gasteiger partial charge in [-0.1, -0.05) is 30.3 Å².